The molecule has 1 N–H and O–H groups in total. The third-order valence-electron chi connectivity index (χ3n) is 2.93. The summed E-state index contributed by atoms with van der Waals surface area (Å²) in [5.74, 6) is -0.0769. The number of carbonyl (C=O) groups is 1. The lowest BCUT2D eigenvalue weighted by Crippen LogP contribution is -2.03. The van der Waals surface area contributed by atoms with Gasteiger partial charge in [-0.15, -0.1) is 11.3 Å². The molecule has 0 bridgehead atoms. The van der Waals surface area contributed by atoms with Gasteiger partial charge >= 0.3 is 5.97 Å². The Morgan fingerprint density at radius 3 is 2.67 bits per heavy atom. The van der Waals surface area contributed by atoms with Crippen molar-refractivity contribution in [2.75, 3.05) is 6.61 Å². The predicted molar refractivity (Wildman–Crippen MR) is 83.6 cm³/mol. The van der Waals surface area contributed by atoms with Gasteiger partial charge in [-0.1, -0.05) is 11.6 Å². The van der Waals surface area contributed by atoms with Crippen molar-refractivity contribution in [2.24, 2.45) is 0 Å². The van der Waals surface area contributed by atoms with Gasteiger partial charge in [0.25, 0.3) is 0 Å². The number of carboxylic acid groups (broad SMARTS) is 1. The van der Waals surface area contributed by atoms with E-state index in [1.54, 1.807) is 5.38 Å². The molecule has 0 atom stereocenters. The average Bonchev–Trinajstić information content (AvgIpc) is 2.82. The molecular weight excluding hydrogens is 310 g/mol. The molecule has 4 nitrogen and oxygen atoms in total. The highest BCUT2D eigenvalue weighted by atomic mass is 35.5. The van der Waals surface area contributed by atoms with E-state index in [4.69, 9.17) is 21.4 Å². The summed E-state index contributed by atoms with van der Waals surface area (Å²) in [6, 6.07) is 3.82. The molecule has 2 rings (SSSR count). The van der Waals surface area contributed by atoms with E-state index in [1.807, 2.05) is 26.0 Å². The highest BCUT2D eigenvalue weighted by Gasteiger charge is 2.07. The van der Waals surface area contributed by atoms with Crippen molar-refractivity contribution in [3.63, 3.8) is 0 Å². The van der Waals surface area contributed by atoms with Crippen LogP contribution in [0.2, 0.25) is 5.02 Å². The van der Waals surface area contributed by atoms with Gasteiger partial charge in [0.2, 0.25) is 0 Å². The molecule has 0 radical (unpaired) electrons. The number of halogens is 1. The van der Waals surface area contributed by atoms with Crippen molar-refractivity contribution < 1.29 is 14.6 Å². The van der Waals surface area contributed by atoms with E-state index in [9.17, 15) is 4.79 Å². The van der Waals surface area contributed by atoms with Crippen LogP contribution in [0, 0.1) is 13.8 Å². The maximum atomic E-state index is 10.6. The summed E-state index contributed by atoms with van der Waals surface area (Å²) in [4.78, 5) is 14.9. The highest BCUT2D eigenvalue weighted by Crippen LogP contribution is 2.26. The minimum atomic E-state index is -0.866. The zero-order valence-corrected chi connectivity index (χ0v) is 13.4. The molecule has 6 heteroatoms. The highest BCUT2D eigenvalue weighted by molar-refractivity contribution is 7.09. The number of hydrogen-bond donors (Lipinski definition) is 1. The van der Waals surface area contributed by atoms with E-state index in [2.05, 4.69) is 4.98 Å². The minimum Gasteiger partial charge on any atom is -0.493 e. The Labute approximate surface area is 132 Å². The van der Waals surface area contributed by atoms with Crippen LogP contribution in [0.3, 0.4) is 0 Å². The van der Waals surface area contributed by atoms with E-state index in [0.717, 1.165) is 26.9 Å². The first-order chi connectivity index (χ1) is 9.95. The molecule has 21 heavy (non-hydrogen) atoms. The maximum absolute atomic E-state index is 10.6. The van der Waals surface area contributed by atoms with Crippen LogP contribution in [0.1, 0.15) is 21.8 Å². The van der Waals surface area contributed by atoms with E-state index in [1.165, 1.54) is 11.3 Å². The van der Waals surface area contributed by atoms with Crippen LogP contribution in [0.15, 0.2) is 17.5 Å². The van der Waals surface area contributed by atoms with Crippen LogP contribution < -0.4 is 4.74 Å². The number of benzene rings is 1. The molecule has 2 aromatic rings. The van der Waals surface area contributed by atoms with E-state index >= 15 is 0 Å². The molecule has 0 aliphatic heterocycles. The molecule has 0 spiro atoms. The lowest BCUT2D eigenvalue weighted by atomic mass is 10.1. The zero-order valence-electron chi connectivity index (χ0n) is 11.9. The van der Waals surface area contributed by atoms with Gasteiger partial charge in [-0.2, -0.15) is 0 Å². The summed E-state index contributed by atoms with van der Waals surface area (Å²) in [6.07, 6.45) is 0.623. The number of aromatic nitrogens is 1. The summed E-state index contributed by atoms with van der Waals surface area (Å²) >= 11 is 7.57. The van der Waals surface area contributed by atoms with Crippen molar-refractivity contribution in [3.05, 3.63) is 44.4 Å². The number of thiazole rings is 1. The van der Waals surface area contributed by atoms with Crippen LogP contribution in [-0.4, -0.2) is 22.7 Å². The van der Waals surface area contributed by atoms with Crippen molar-refractivity contribution >= 4 is 28.9 Å². The van der Waals surface area contributed by atoms with Gasteiger partial charge in [0.15, 0.2) is 0 Å². The first kappa shape index (κ1) is 15.8. The molecule has 0 fully saturated rings. The number of aliphatic carboxylic acids is 1. The van der Waals surface area contributed by atoms with E-state index < -0.39 is 5.97 Å². The van der Waals surface area contributed by atoms with Gasteiger partial charge < -0.3 is 9.84 Å². The van der Waals surface area contributed by atoms with Crippen molar-refractivity contribution in [2.45, 2.75) is 26.7 Å². The second-order valence-corrected chi connectivity index (χ2v) is 6.09. The quantitative estimate of drug-likeness (QED) is 0.880. The smallest absolute Gasteiger partial charge is 0.309 e. The fourth-order valence-electron chi connectivity index (χ4n) is 1.95. The Bertz CT molecular complexity index is 631. The monoisotopic (exact) mass is 325 g/mol. The van der Waals surface area contributed by atoms with Gasteiger partial charge in [-0.05, 0) is 37.1 Å². The molecule has 1 aromatic carbocycles. The van der Waals surface area contributed by atoms with Crippen molar-refractivity contribution in [1.82, 2.24) is 4.98 Å². The second kappa shape index (κ2) is 6.91. The number of rotatable bonds is 6. The molecule has 1 aromatic heterocycles. The average molecular weight is 326 g/mol. The molecule has 0 saturated heterocycles. The third-order valence-corrected chi connectivity index (χ3v) is 4.48. The second-order valence-electron chi connectivity index (χ2n) is 4.77. The largest absolute Gasteiger partial charge is 0.493 e. The van der Waals surface area contributed by atoms with Gasteiger partial charge in [-0.3, -0.25) is 4.79 Å². The predicted octanol–water partition coefficient (Wildman–Crippen LogP) is 3.66. The van der Waals surface area contributed by atoms with Crippen LogP contribution >= 0.6 is 22.9 Å². The molecule has 0 aliphatic carbocycles. The Morgan fingerprint density at radius 2 is 2.05 bits per heavy atom. The first-order valence-electron chi connectivity index (χ1n) is 6.50. The molecule has 1 heterocycles. The summed E-state index contributed by atoms with van der Waals surface area (Å²) in [5, 5.41) is 12.1. The topological polar surface area (TPSA) is 59.4 Å². The van der Waals surface area contributed by atoms with Gasteiger partial charge in [0, 0.05) is 16.8 Å². The van der Waals surface area contributed by atoms with E-state index in [0.29, 0.717) is 18.7 Å². The van der Waals surface area contributed by atoms with Gasteiger partial charge in [-0.25, -0.2) is 4.98 Å². The lowest BCUT2D eigenvalue weighted by molar-refractivity contribution is -0.136. The molecule has 112 valence electrons. The number of nitrogens with zero attached hydrogens (tertiary/aromatic N) is 1. The Kier molecular flexibility index (Phi) is 5.20. The third kappa shape index (κ3) is 4.44. The number of carboxylic acids is 1. The summed E-state index contributed by atoms with van der Waals surface area (Å²) in [5.41, 5.74) is 2.58. The number of ether oxygens (including phenoxy) is 1. The summed E-state index contributed by atoms with van der Waals surface area (Å²) < 4.78 is 5.71. The summed E-state index contributed by atoms with van der Waals surface area (Å²) in [6.45, 7) is 4.39. The maximum Gasteiger partial charge on any atom is 0.309 e. The summed E-state index contributed by atoms with van der Waals surface area (Å²) in [7, 11) is 0. The Balaban J connectivity index is 1.89. The molecular formula is C15H16ClNO3S. The van der Waals surface area contributed by atoms with Crippen LogP contribution in [-0.2, 0) is 17.6 Å². The lowest BCUT2D eigenvalue weighted by Gasteiger charge is -2.09. The SMILES string of the molecule is Cc1cc(OCCc2nc(CC(=O)O)cs2)cc(C)c1Cl. The Morgan fingerprint density at radius 1 is 1.38 bits per heavy atom. The van der Waals surface area contributed by atoms with Gasteiger partial charge in [0.05, 0.1) is 23.7 Å². The number of hydrogen-bond acceptors (Lipinski definition) is 4. The molecule has 0 saturated carbocycles. The van der Waals surface area contributed by atoms with Gasteiger partial charge in [0.1, 0.15) is 5.75 Å². The van der Waals surface area contributed by atoms with Crippen LogP contribution in [0.5, 0.6) is 5.75 Å². The zero-order chi connectivity index (χ0) is 15.4. The first-order valence-corrected chi connectivity index (χ1v) is 7.76. The van der Waals surface area contributed by atoms with Crippen LogP contribution in [0.4, 0.5) is 0 Å². The van der Waals surface area contributed by atoms with Crippen LogP contribution in [0.25, 0.3) is 0 Å². The molecule has 0 amide bonds. The van der Waals surface area contributed by atoms with Crippen molar-refractivity contribution in [3.8, 4) is 5.75 Å². The fraction of sp³-hybridized carbons (Fsp3) is 0.333. The minimum absolute atomic E-state index is 0.0348. The number of aryl methyl sites for hydroxylation is 2. The normalized spacial score (nSPS) is 10.6. The van der Waals surface area contributed by atoms with E-state index in [-0.39, 0.29) is 6.42 Å². The Hall–Kier alpha value is -1.59. The fourth-order valence-corrected chi connectivity index (χ4v) is 2.83. The molecule has 0 unspecified atom stereocenters. The standard InChI is InChI=1S/C15H16ClNO3S/c1-9-5-12(6-10(2)15(9)16)20-4-3-13-17-11(8-21-13)7-14(18)19/h5-6,8H,3-4,7H2,1-2H3,(H,18,19). The van der Waals surface area contributed by atoms with Crippen molar-refractivity contribution in [1.29, 1.82) is 0 Å². The molecule has 0 aliphatic rings.